The maximum atomic E-state index is 5.45. The van der Waals surface area contributed by atoms with E-state index in [-0.39, 0.29) is 0 Å². The minimum Gasteiger partial charge on any atom is -0.494 e. The normalized spacial score (nSPS) is 15.2. The Morgan fingerprint density at radius 2 is 1.78 bits per heavy atom. The first-order chi connectivity index (χ1) is 11.3. The van der Waals surface area contributed by atoms with Crippen LogP contribution in [0.2, 0.25) is 0 Å². The summed E-state index contributed by atoms with van der Waals surface area (Å²) in [6.07, 6.45) is 8.02. The van der Waals surface area contributed by atoms with Crippen LogP contribution in [0.25, 0.3) is 0 Å². The Labute approximate surface area is 137 Å². The van der Waals surface area contributed by atoms with E-state index in [1.54, 1.807) is 6.33 Å². The van der Waals surface area contributed by atoms with Gasteiger partial charge in [-0.05, 0) is 44.0 Å². The number of ether oxygens (including phenoxy) is 1. The molecule has 1 saturated carbocycles. The lowest BCUT2D eigenvalue weighted by Gasteiger charge is -2.23. The highest BCUT2D eigenvalue weighted by molar-refractivity contribution is 5.59. The zero-order chi connectivity index (χ0) is 15.9. The van der Waals surface area contributed by atoms with Crippen LogP contribution in [0.1, 0.15) is 39.0 Å². The number of hydrogen-bond acceptors (Lipinski definition) is 5. The molecule has 0 saturated heterocycles. The van der Waals surface area contributed by atoms with Crippen molar-refractivity contribution in [1.82, 2.24) is 9.97 Å². The standard InChI is InChI=1S/C18H24N4O/c1-2-23-16-10-8-15(9-11-16)22-18-12-17(19-13-20-18)21-14-6-4-3-5-7-14/h8-14H,2-7H2,1H3,(H2,19,20,21,22). The molecule has 1 aliphatic carbocycles. The quantitative estimate of drug-likeness (QED) is 0.829. The van der Waals surface area contributed by atoms with E-state index in [1.165, 1.54) is 32.1 Å². The van der Waals surface area contributed by atoms with Crippen molar-refractivity contribution in [2.24, 2.45) is 0 Å². The third-order valence-corrected chi connectivity index (χ3v) is 4.06. The first-order valence-electron chi connectivity index (χ1n) is 8.42. The molecule has 1 aliphatic rings. The van der Waals surface area contributed by atoms with Gasteiger partial charge in [-0.25, -0.2) is 9.97 Å². The lowest BCUT2D eigenvalue weighted by Crippen LogP contribution is -2.22. The third-order valence-electron chi connectivity index (χ3n) is 4.06. The molecule has 5 nitrogen and oxygen atoms in total. The summed E-state index contributed by atoms with van der Waals surface area (Å²) in [5.74, 6) is 2.56. The molecule has 3 rings (SSSR count). The molecule has 1 aromatic heterocycles. The number of nitrogens with zero attached hydrogens (tertiary/aromatic N) is 2. The van der Waals surface area contributed by atoms with E-state index in [1.807, 2.05) is 37.3 Å². The van der Waals surface area contributed by atoms with Crippen LogP contribution in [0.15, 0.2) is 36.7 Å². The molecule has 0 radical (unpaired) electrons. The van der Waals surface area contributed by atoms with Gasteiger partial charge >= 0.3 is 0 Å². The fraction of sp³-hybridized carbons (Fsp3) is 0.444. The zero-order valence-corrected chi connectivity index (χ0v) is 13.6. The number of nitrogens with one attached hydrogen (secondary N) is 2. The summed E-state index contributed by atoms with van der Waals surface area (Å²) in [5.41, 5.74) is 0.982. The minimum absolute atomic E-state index is 0.539. The minimum atomic E-state index is 0.539. The van der Waals surface area contributed by atoms with Crippen LogP contribution >= 0.6 is 0 Å². The highest BCUT2D eigenvalue weighted by Gasteiger charge is 2.13. The number of hydrogen-bond donors (Lipinski definition) is 2. The van der Waals surface area contributed by atoms with Gasteiger partial charge in [0.2, 0.25) is 0 Å². The summed E-state index contributed by atoms with van der Waals surface area (Å²) in [6.45, 7) is 2.66. The molecule has 2 aromatic rings. The zero-order valence-electron chi connectivity index (χ0n) is 13.6. The molecule has 0 atom stereocenters. The largest absolute Gasteiger partial charge is 0.494 e. The smallest absolute Gasteiger partial charge is 0.135 e. The van der Waals surface area contributed by atoms with Crippen molar-refractivity contribution in [1.29, 1.82) is 0 Å². The first-order valence-corrected chi connectivity index (χ1v) is 8.42. The Kier molecular flexibility index (Phi) is 5.29. The summed E-state index contributed by atoms with van der Waals surface area (Å²) in [7, 11) is 0. The monoisotopic (exact) mass is 312 g/mol. The Morgan fingerprint density at radius 1 is 1.04 bits per heavy atom. The van der Waals surface area contributed by atoms with E-state index < -0.39 is 0 Å². The third kappa shape index (κ3) is 4.58. The second-order valence-electron chi connectivity index (χ2n) is 5.85. The van der Waals surface area contributed by atoms with Crippen LogP contribution < -0.4 is 15.4 Å². The molecule has 0 unspecified atom stereocenters. The van der Waals surface area contributed by atoms with Crippen molar-refractivity contribution in [2.75, 3.05) is 17.2 Å². The average molecular weight is 312 g/mol. The molecule has 122 valence electrons. The Bertz CT molecular complexity index is 609. The van der Waals surface area contributed by atoms with E-state index >= 15 is 0 Å². The van der Waals surface area contributed by atoms with E-state index in [9.17, 15) is 0 Å². The van der Waals surface area contributed by atoms with Crippen molar-refractivity contribution in [3.8, 4) is 5.75 Å². The van der Waals surface area contributed by atoms with Crippen molar-refractivity contribution in [3.63, 3.8) is 0 Å². The van der Waals surface area contributed by atoms with Gasteiger partial charge in [0.15, 0.2) is 0 Å². The molecule has 23 heavy (non-hydrogen) atoms. The Balaban J connectivity index is 1.62. The summed E-state index contributed by atoms with van der Waals surface area (Å²) in [6, 6.07) is 10.4. The van der Waals surface area contributed by atoms with Gasteiger partial charge in [-0.3, -0.25) is 0 Å². The maximum absolute atomic E-state index is 5.45. The van der Waals surface area contributed by atoms with Crippen LogP contribution in [0.5, 0.6) is 5.75 Å². The number of anilines is 3. The number of rotatable bonds is 6. The lowest BCUT2D eigenvalue weighted by molar-refractivity contribution is 0.340. The van der Waals surface area contributed by atoms with Crippen LogP contribution in [0.4, 0.5) is 17.3 Å². The van der Waals surface area contributed by atoms with Gasteiger partial charge < -0.3 is 15.4 Å². The first kappa shape index (κ1) is 15.6. The molecule has 1 fully saturated rings. The van der Waals surface area contributed by atoms with Crippen LogP contribution in [-0.4, -0.2) is 22.6 Å². The Morgan fingerprint density at radius 3 is 2.52 bits per heavy atom. The predicted octanol–water partition coefficient (Wildman–Crippen LogP) is 4.36. The molecule has 5 heteroatoms. The SMILES string of the molecule is CCOc1ccc(Nc2cc(NC3CCCCC3)ncn2)cc1. The molecule has 0 amide bonds. The van der Waals surface area contributed by atoms with E-state index in [0.29, 0.717) is 12.6 Å². The molecule has 1 heterocycles. The molecule has 1 aromatic carbocycles. The molecule has 2 N–H and O–H groups in total. The van der Waals surface area contributed by atoms with Gasteiger partial charge in [0.1, 0.15) is 23.7 Å². The van der Waals surface area contributed by atoms with Gasteiger partial charge in [-0.15, -0.1) is 0 Å². The Hall–Kier alpha value is -2.30. The molecular formula is C18H24N4O. The summed E-state index contributed by atoms with van der Waals surface area (Å²) >= 11 is 0. The van der Waals surface area contributed by atoms with Crippen LogP contribution in [0, 0.1) is 0 Å². The molecular weight excluding hydrogens is 288 g/mol. The van der Waals surface area contributed by atoms with Crippen molar-refractivity contribution >= 4 is 17.3 Å². The number of benzene rings is 1. The van der Waals surface area contributed by atoms with Crippen LogP contribution in [0.3, 0.4) is 0 Å². The fourth-order valence-electron chi connectivity index (χ4n) is 2.91. The van der Waals surface area contributed by atoms with E-state index in [4.69, 9.17) is 4.74 Å². The second kappa shape index (κ2) is 7.81. The highest BCUT2D eigenvalue weighted by atomic mass is 16.5. The summed E-state index contributed by atoms with van der Waals surface area (Å²) in [5, 5.41) is 6.83. The molecule has 0 aliphatic heterocycles. The number of aromatic nitrogens is 2. The second-order valence-corrected chi connectivity index (χ2v) is 5.85. The van der Waals surface area contributed by atoms with Crippen molar-refractivity contribution in [2.45, 2.75) is 45.1 Å². The highest BCUT2D eigenvalue weighted by Crippen LogP contribution is 2.23. The maximum Gasteiger partial charge on any atom is 0.135 e. The summed E-state index contributed by atoms with van der Waals surface area (Å²) in [4.78, 5) is 8.62. The predicted molar refractivity (Wildman–Crippen MR) is 93.4 cm³/mol. The van der Waals surface area contributed by atoms with Gasteiger partial charge in [-0.1, -0.05) is 19.3 Å². The summed E-state index contributed by atoms with van der Waals surface area (Å²) < 4.78 is 5.45. The van der Waals surface area contributed by atoms with Crippen LogP contribution in [-0.2, 0) is 0 Å². The van der Waals surface area contributed by atoms with Gasteiger partial charge in [0, 0.05) is 17.8 Å². The van der Waals surface area contributed by atoms with Gasteiger partial charge in [0.25, 0.3) is 0 Å². The van der Waals surface area contributed by atoms with Gasteiger partial charge in [0.05, 0.1) is 6.61 Å². The van der Waals surface area contributed by atoms with Gasteiger partial charge in [-0.2, -0.15) is 0 Å². The van der Waals surface area contributed by atoms with E-state index in [2.05, 4.69) is 20.6 Å². The van der Waals surface area contributed by atoms with Crippen molar-refractivity contribution in [3.05, 3.63) is 36.7 Å². The molecule has 0 bridgehead atoms. The lowest BCUT2D eigenvalue weighted by atomic mass is 9.95. The van der Waals surface area contributed by atoms with E-state index in [0.717, 1.165) is 23.1 Å². The average Bonchev–Trinajstić information content (AvgIpc) is 2.58. The fourth-order valence-corrected chi connectivity index (χ4v) is 2.91. The van der Waals surface area contributed by atoms with Crippen molar-refractivity contribution < 1.29 is 4.74 Å². The topological polar surface area (TPSA) is 59.1 Å². The molecule has 0 spiro atoms.